The van der Waals surface area contributed by atoms with E-state index in [1.54, 1.807) is 26.8 Å². The Morgan fingerprint density at radius 3 is 2.62 bits per heavy atom. The second-order valence-corrected chi connectivity index (χ2v) is 6.72. The zero-order valence-corrected chi connectivity index (χ0v) is 13.8. The topological polar surface area (TPSA) is 114 Å². The number of amides is 1. The van der Waals surface area contributed by atoms with Crippen molar-refractivity contribution in [3.63, 3.8) is 0 Å². The fraction of sp³-hybridized carbons (Fsp3) is 0.500. The molecule has 1 aliphatic rings. The summed E-state index contributed by atoms with van der Waals surface area (Å²) in [7, 11) is 0. The third kappa shape index (κ3) is 4.35. The Balaban J connectivity index is 2.04. The van der Waals surface area contributed by atoms with Crippen molar-refractivity contribution >= 4 is 11.8 Å². The van der Waals surface area contributed by atoms with E-state index in [0.717, 1.165) is 0 Å². The highest BCUT2D eigenvalue weighted by Gasteiger charge is 2.46. The van der Waals surface area contributed by atoms with Gasteiger partial charge in [0.05, 0.1) is 10.5 Å². The smallest absolute Gasteiger partial charge is 0.408 e. The standard InChI is InChI=1S/C16H19N3O5/c1-15(2,3)24-14(20)18-16(7-8-16)10-23-13-6-4-5-12(19(21)22)11(13)9-17/h4-6H,7-8,10H2,1-3H3,(H,18,20). The van der Waals surface area contributed by atoms with Gasteiger partial charge in [0, 0.05) is 6.07 Å². The van der Waals surface area contributed by atoms with E-state index in [9.17, 15) is 14.9 Å². The first-order chi connectivity index (χ1) is 11.2. The lowest BCUT2D eigenvalue weighted by atomic mass is 10.2. The molecule has 0 radical (unpaired) electrons. The summed E-state index contributed by atoms with van der Waals surface area (Å²) in [5.74, 6) is 0.129. The molecular weight excluding hydrogens is 314 g/mol. The van der Waals surface area contributed by atoms with Crippen molar-refractivity contribution in [3.8, 4) is 11.8 Å². The maximum atomic E-state index is 11.9. The summed E-state index contributed by atoms with van der Waals surface area (Å²) in [4.78, 5) is 22.2. The number of alkyl carbamates (subject to hydrolysis) is 1. The number of benzene rings is 1. The lowest BCUT2D eigenvalue weighted by Gasteiger charge is -2.23. The van der Waals surface area contributed by atoms with Crippen LogP contribution in [0, 0.1) is 21.4 Å². The monoisotopic (exact) mass is 333 g/mol. The van der Waals surface area contributed by atoms with E-state index in [4.69, 9.17) is 14.7 Å². The zero-order valence-electron chi connectivity index (χ0n) is 13.8. The number of nitrogens with one attached hydrogen (secondary N) is 1. The summed E-state index contributed by atoms with van der Waals surface area (Å²) in [5.41, 5.74) is -1.59. The molecule has 128 valence electrons. The van der Waals surface area contributed by atoms with Crippen LogP contribution < -0.4 is 10.1 Å². The number of nitriles is 1. The number of rotatable bonds is 5. The molecule has 1 aromatic rings. The minimum absolute atomic E-state index is 0.113. The second kappa shape index (κ2) is 6.35. The van der Waals surface area contributed by atoms with Crippen molar-refractivity contribution in [1.29, 1.82) is 5.26 Å². The number of nitro groups is 1. The van der Waals surface area contributed by atoms with E-state index < -0.39 is 22.2 Å². The van der Waals surface area contributed by atoms with Crippen LogP contribution in [0.15, 0.2) is 18.2 Å². The number of nitrogens with zero attached hydrogens (tertiary/aromatic N) is 2. The third-order valence-electron chi connectivity index (χ3n) is 3.44. The van der Waals surface area contributed by atoms with Gasteiger partial charge >= 0.3 is 6.09 Å². The molecule has 1 aliphatic carbocycles. The van der Waals surface area contributed by atoms with Gasteiger partial charge in [0.25, 0.3) is 5.69 Å². The predicted octanol–water partition coefficient (Wildman–Crippen LogP) is 2.90. The molecule has 24 heavy (non-hydrogen) atoms. The fourth-order valence-electron chi connectivity index (χ4n) is 2.10. The molecule has 2 rings (SSSR count). The largest absolute Gasteiger partial charge is 0.489 e. The van der Waals surface area contributed by atoms with Crippen LogP contribution in [0.1, 0.15) is 39.2 Å². The fourth-order valence-corrected chi connectivity index (χ4v) is 2.10. The predicted molar refractivity (Wildman–Crippen MR) is 84.6 cm³/mol. The molecule has 0 unspecified atom stereocenters. The first kappa shape index (κ1) is 17.5. The van der Waals surface area contributed by atoms with Crippen LogP contribution in [-0.4, -0.2) is 28.8 Å². The maximum Gasteiger partial charge on any atom is 0.408 e. The second-order valence-electron chi connectivity index (χ2n) is 6.72. The molecule has 0 atom stereocenters. The summed E-state index contributed by atoms with van der Waals surface area (Å²) in [6.45, 7) is 5.42. The molecule has 1 saturated carbocycles. The van der Waals surface area contributed by atoms with E-state index in [-0.39, 0.29) is 23.6 Å². The van der Waals surface area contributed by atoms with Gasteiger partial charge in [-0.15, -0.1) is 0 Å². The summed E-state index contributed by atoms with van der Waals surface area (Å²) < 4.78 is 10.8. The highest BCUT2D eigenvalue weighted by atomic mass is 16.6. The number of carbonyl (C=O) groups excluding carboxylic acids is 1. The minimum atomic E-state index is -0.628. The number of ether oxygens (including phenoxy) is 2. The third-order valence-corrected chi connectivity index (χ3v) is 3.44. The molecule has 0 aromatic heterocycles. The first-order valence-corrected chi connectivity index (χ1v) is 7.47. The molecule has 1 fully saturated rings. The highest BCUT2D eigenvalue weighted by molar-refractivity contribution is 5.69. The van der Waals surface area contributed by atoms with Crippen LogP contribution >= 0.6 is 0 Å². The van der Waals surface area contributed by atoms with Crippen molar-refractivity contribution in [2.24, 2.45) is 0 Å². The van der Waals surface area contributed by atoms with Gasteiger partial charge < -0.3 is 14.8 Å². The van der Waals surface area contributed by atoms with E-state index in [1.165, 1.54) is 18.2 Å². The quantitative estimate of drug-likeness (QED) is 0.654. The van der Waals surface area contributed by atoms with E-state index in [1.807, 2.05) is 0 Å². The normalized spacial score (nSPS) is 15.1. The van der Waals surface area contributed by atoms with Gasteiger partial charge in [-0.05, 0) is 39.7 Å². The Bertz CT molecular complexity index is 699. The van der Waals surface area contributed by atoms with Gasteiger partial charge in [-0.25, -0.2) is 4.79 Å². The number of carbonyl (C=O) groups is 1. The van der Waals surface area contributed by atoms with Gasteiger partial charge in [-0.2, -0.15) is 5.26 Å². The van der Waals surface area contributed by atoms with E-state index in [0.29, 0.717) is 12.8 Å². The summed E-state index contributed by atoms with van der Waals surface area (Å²) in [5, 5.41) is 22.9. The Morgan fingerprint density at radius 2 is 2.12 bits per heavy atom. The Kier molecular flexibility index (Phi) is 4.64. The number of nitro benzene ring substituents is 1. The summed E-state index contributed by atoms with van der Waals surface area (Å²) in [6, 6.07) is 5.99. The van der Waals surface area contributed by atoms with E-state index in [2.05, 4.69) is 5.32 Å². The van der Waals surface area contributed by atoms with Gasteiger partial charge in [0.1, 0.15) is 24.0 Å². The maximum absolute atomic E-state index is 11.9. The minimum Gasteiger partial charge on any atom is -0.489 e. The molecule has 0 saturated heterocycles. The Morgan fingerprint density at radius 1 is 1.46 bits per heavy atom. The van der Waals surface area contributed by atoms with Gasteiger partial charge in [-0.1, -0.05) is 6.07 Å². The molecule has 1 amide bonds. The lowest BCUT2D eigenvalue weighted by molar-refractivity contribution is -0.385. The van der Waals surface area contributed by atoms with Crippen molar-refractivity contribution in [2.75, 3.05) is 6.61 Å². The summed E-state index contributed by atoms with van der Waals surface area (Å²) in [6.07, 6.45) is 0.884. The van der Waals surface area contributed by atoms with Crippen LogP contribution in [0.5, 0.6) is 5.75 Å². The van der Waals surface area contributed by atoms with Crippen molar-refractivity contribution in [3.05, 3.63) is 33.9 Å². The van der Waals surface area contributed by atoms with Gasteiger partial charge in [-0.3, -0.25) is 10.1 Å². The van der Waals surface area contributed by atoms with Crippen molar-refractivity contribution in [2.45, 2.75) is 44.8 Å². The lowest BCUT2D eigenvalue weighted by Crippen LogP contribution is -2.44. The number of hydrogen-bond acceptors (Lipinski definition) is 6. The van der Waals surface area contributed by atoms with Gasteiger partial charge in [0.15, 0.2) is 5.56 Å². The molecule has 8 nitrogen and oxygen atoms in total. The van der Waals surface area contributed by atoms with Crippen LogP contribution in [0.4, 0.5) is 10.5 Å². The SMILES string of the molecule is CC(C)(C)OC(=O)NC1(COc2cccc([N+](=O)[O-])c2C#N)CC1. The van der Waals surface area contributed by atoms with Crippen molar-refractivity contribution in [1.82, 2.24) is 5.32 Å². The molecule has 0 aliphatic heterocycles. The Hall–Kier alpha value is -2.82. The average molecular weight is 333 g/mol. The van der Waals surface area contributed by atoms with Crippen LogP contribution in [0.25, 0.3) is 0 Å². The average Bonchev–Trinajstić information content (AvgIpc) is 3.22. The van der Waals surface area contributed by atoms with Crippen molar-refractivity contribution < 1.29 is 19.2 Å². The first-order valence-electron chi connectivity index (χ1n) is 7.47. The summed E-state index contributed by atoms with van der Waals surface area (Å²) >= 11 is 0. The molecule has 0 bridgehead atoms. The molecule has 8 heteroatoms. The molecule has 1 N–H and O–H groups in total. The van der Waals surface area contributed by atoms with Crippen LogP contribution in [-0.2, 0) is 4.74 Å². The van der Waals surface area contributed by atoms with E-state index >= 15 is 0 Å². The molecular formula is C16H19N3O5. The van der Waals surface area contributed by atoms with Crippen LogP contribution in [0.2, 0.25) is 0 Å². The number of hydrogen-bond donors (Lipinski definition) is 1. The molecule has 0 spiro atoms. The van der Waals surface area contributed by atoms with Gasteiger partial charge in [0.2, 0.25) is 0 Å². The van der Waals surface area contributed by atoms with Crippen LogP contribution in [0.3, 0.4) is 0 Å². The highest BCUT2D eigenvalue weighted by Crippen LogP contribution is 2.37. The molecule has 0 heterocycles. The molecule has 1 aromatic carbocycles. The Labute approximate surface area is 139 Å². The zero-order chi connectivity index (χ0) is 18.0.